The van der Waals surface area contributed by atoms with Gasteiger partial charge in [-0.05, 0) is 65.6 Å². The van der Waals surface area contributed by atoms with Crippen LogP contribution in [0.2, 0.25) is 5.02 Å². The highest BCUT2D eigenvalue weighted by Crippen LogP contribution is 2.24. The Morgan fingerprint density at radius 3 is 2.49 bits per heavy atom. The third-order valence-electron chi connectivity index (χ3n) is 6.41. The number of para-hydroxylation sites is 2. The minimum absolute atomic E-state index is 0.0569. The molecule has 0 aliphatic heterocycles. The largest absolute Gasteiger partial charge is 0.352 e. The van der Waals surface area contributed by atoms with Crippen molar-refractivity contribution in [1.29, 1.82) is 0 Å². The molecule has 0 aliphatic rings. The molecule has 35 heavy (non-hydrogen) atoms. The van der Waals surface area contributed by atoms with Crippen molar-refractivity contribution >= 4 is 39.3 Å². The van der Waals surface area contributed by atoms with E-state index in [2.05, 4.69) is 70.5 Å². The van der Waals surface area contributed by atoms with Gasteiger partial charge in [-0.1, -0.05) is 72.6 Å². The average molecular weight is 482 g/mol. The number of carbonyl (C=O) groups excluding carboxylic acids is 1. The maximum atomic E-state index is 12.3. The van der Waals surface area contributed by atoms with Crippen LogP contribution in [-0.4, -0.2) is 22.0 Å². The first-order valence-electron chi connectivity index (χ1n) is 12.1. The van der Waals surface area contributed by atoms with E-state index in [1.165, 1.54) is 21.9 Å². The Hall–Kier alpha value is -3.63. The summed E-state index contributed by atoms with van der Waals surface area (Å²) in [6.45, 7) is 1.46. The molecule has 0 atom stereocenters. The predicted octanol–water partition coefficient (Wildman–Crippen LogP) is 7.03. The number of nitrogens with one attached hydrogen (secondary N) is 1. The molecule has 0 unspecified atom stereocenters. The number of aromatic nitrogens is 2. The van der Waals surface area contributed by atoms with Crippen LogP contribution in [0.15, 0.2) is 91.0 Å². The van der Waals surface area contributed by atoms with Gasteiger partial charge in [-0.2, -0.15) is 0 Å². The first-order valence-corrected chi connectivity index (χ1v) is 12.5. The third kappa shape index (κ3) is 5.39. The van der Waals surface area contributed by atoms with Gasteiger partial charge in [-0.3, -0.25) is 4.79 Å². The summed E-state index contributed by atoms with van der Waals surface area (Å²) in [5.41, 5.74) is 4.15. The van der Waals surface area contributed by atoms with Crippen LogP contribution in [-0.2, 0) is 13.0 Å². The number of hydrogen-bond acceptors (Lipinski definition) is 2. The van der Waals surface area contributed by atoms with Crippen LogP contribution in [0.3, 0.4) is 0 Å². The summed E-state index contributed by atoms with van der Waals surface area (Å²) in [6, 6.07) is 30.4. The molecule has 4 aromatic carbocycles. The summed E-state index contributed by atoms with van der Waals surface area (Å²) in [6.07, 6.45) is 3.89. The molecule has 0 spiro atoms. The monoisotopic (exact) mass is 481 g/mol. The quantitative estimate of drug-likeness (QED) is 0.230. The van der Waals surface area contributed by atoms with E-state index >= 15 is 0 Å². The van der Waals surface area contributed by atoms with Crippen molar-refractivity contribution in [1.82, 2.24) is 14.9 Å². The normalized spacial score (nSPS) is 11.2. The molecule has 0 radical (unpaired) electrons. The number of rotatable bonds is 9. The zero-order valence-corrected chi connectivity index (χ0v) is 20.3. The molecule has 1 heterocycles. The molecule has 0 bridgehead atoms. The van der Waals surface area contributed by atoms with Crippen LogP contribution in [0.4, 0.5) is 0 Å². The van der Waals surface area contributed by atoms with Gasteiger partial charge in [0.1, 0.15) is 5.82 Å². The summed E-state index contributed by atoms with van der Waals surface area (Å²) in [5.74, 6) is 1.06. The van der Waals surface area contributed by atoms with Crippen LogP contribution in [0.25, 0.3) is 21.8 Å². The number of unbranched alkanes of at least 4 members (excludes halogenated alkanes) is 2. The third-order valence-corrected chi connectivity index (χ3v) is 6.66. The second kappa shape index (κ2) is 10.7. The fourth-order valence-corrected chi connectivity index (χ4v) is 4.71. The molecule has 5 heteroatoms. The Kier molecular flexibility index (Phi) is 7.10. The topological polar surface area (TPSA) is 46.9 Å². The first kappa shape index (κ1) is 23.1. The number of hydrogen-bond donors (Lipinski definition) is 1. The fraction of sp³-hybridized carbons (Fsp3) is 0.200. The highest BCUT2D eigenvalue weighted by molar-refractivity contribution is 6.30. The summed E-state index contributed by atoms with van der Waals surface area (Å²) in [4.78, 5) is 17.2. The second-order valence-corrected chi connectivity index (χ2v) is 9.25. The zero-order chi connectivity index (χ0) is 24.0. The second-order valence-electron chi connectivity index (χ2n) is 8.81. The highest BCUT2D eigenvalue weighted by atomic mass is 35.5. The molecule has 1 amide bonds. The molecular weight excluding hydrogens is 454 g/mol. The van der Waals surface area contributed by atoms with E-state index in [0.717, 1.165) is 43.6 Å². The molecule has 0 aliphatic carbocycles. The van der Waals surface area contributed by atoms with Crippen LogP contribution in [0.1, 0.15) is 41.0 Å². The van der Waals surface area contributed by atoms with Gasteiger partial charge in [0.2, 0.25) is 0 Å². The highest BCUT2D eigenvalue weighted by Gasteiger charge is 2.12. The van der Waals surface area contributed by atoms with E-state index < -0.39 is 0 Å². The first-order chi connectivity index (χ1) is 17.2. The minimum Gasteiger partial charge on any atom is -0.352 e. The lowest BCUT2D eigenvalue weighted by Crippen LogP contribution is -2.24. The Labute approximate surface area is 210 Å². The predicted molar refractivity (Wildman–Crippen MR) is 144 cm³/mol. The number of nitrogens with zero attached hydrogens (tertiary/aromatic N) is 2. The SMILES string of the molecule is O=C(NCCCCCc1nc2ccccc2n1Cc1cccc2ccccc12)c1ccc(Cl)cc1. The summed E-state index contributed by atoms with van der Waals surface area (Å²) in [5, 5.41) is 6.18. The maximum Gasteiger partial charge on any atom is 0.251 e. The molecule has 0 fully saturated rings. The fourth-order valence-electron chi connectivity index (χ4n) is 4.58. The Bertz CT molecular complexity index is 1450. The van der Waals surface area contributed by atoms with Crippen molar-refractivity contribution < 1.29 is 4.79 Å². The number of halogens is 1. The molecule has 176 valence electrons. The van der Waals surface area contributed by atoms with Gasteiger partial charge in [-0.25, -0.2) is 4.98 Å². The van der Waals surface area contributed by atoms with Crippen molar-refractivity contribution in [3.8, 4) is 0 Å². The van der Waals surface area contributed by atoms with E-state index in [4.69, 9.17) is 16.6 Å². The molecular formula is C30H28ClN3O. The van der Waals surface area contributed by atoms with E-state index in [0.29, 0.717) is 17.1 Å². The lowest BCUT2D eigenvalue weighted by atomic mass is 10.0. The lowest BCUT2D eigenvalue weighted by Gasteiger charge is -2.12. The molecule has 1 aromatic heterocycles. The molecule has 1 N–H and O–H groups in total. The van der Waals surface area contributed by atoms with Gasteiger partial charge in [0, 0.05) is 30.1 Å². The molecule has 4 nitrogen and oxygen atoms in total. The zero-order valence-electron chi connectivity index (χ0n) is 19.6. The summed E-state index contributed by atoms with van der Waals surface area (Å²) < 4.78 is 2.36. The van der Waals surface area contributed by atoms with Crippen LogP contribution < -0.4 is 5.32 Å². The number of amides is 1. The molecule has 5 rings (SSSR count). The number of aryl methyl sites for hydroxylation is 1. The van der Waals surface area contributed by atoms with Crippen LogP contribution in [0.5, 0.6) is 0 Å². The van der Waals surface area contributed by atoms with E-state index in [1.807, 2.05) is 6.07 Å². The van der Waals surface area contributed by atoms with E-state index in [1.54, 1.807) is 24.3 Å². The Morgan fingerprint density at radius 2 is 1.60 bits per heavy atom. The number of fused-ring (bicyclic) bond motifs is 2. The van der Waals surface area contributed by atoms with E-state index in [-0.39, 0.29) is 5.91 Å². The van der Waals surface area contributed by atoms with Crippen molar-refractivity contribution in [3.63, 3.8) is 0 Å². The van der Waals surface area contributed by atoms with Gasteiger partial charge in [0.15, 0.2) is 0 Å². The van der Waals surface area contributed by atoms with Gasteiger partial charge >= 0.3 is 0 Å². The van der Waals surface area contributed by atoms with Crippen molar-refractivity contribution in [3.05, 3.63) is 113 Å². The van der Waals surface area contributed by atoms with Crippen LogP contribution in [0, 0.1) is 0 Å². The average Bonchev–Trinajstić information content (AvgIpc) is 3.23. The summed E-state index contributed by atoms with van der Waals surface area (Å²) >= 11 is 5.90. The number of carbonyl (C=O) groups is 1. The van der Waals surface area contributed by atoms with Crippen molar-refractivity contribution in [2.24, 2.45) is 0 Å². The van der Waals surface area contributed by atoms with Crippen molar-refractivity contribution in [2.75, 3.05) is 6.54 Å². The van der Waals surface area contributed by atoms with Gasteiger partial charge in [-0.15, -0.1) is 0 Å². The Morgan fingerprint density at radius 1 is 0.829 bits per heavy atom. The maximum absolute atomic E-state index is 12.3. The summed E-state index contributed by atoms with van der Waals surface area (Å²) in [7, 11) is 0. The van der Waals surface area contributed by atoms with Gasteiger partial charge < -0.3 is 9.88 Å². The smallest absolute Gasteiger partial charge is 0.251 e. The lowest BCUT2D eigenvalue weighted by molar-refractivity contribution is 0.0953. The standard InChI is InChI=1S/C30H28ClN3O/c31-25-18-16-23(17-19-25)30(35)32-20-7-1-2-15-29-33-27-13-5-6-14-28(27)34(29)21-24-11-8-10-22-9-3-4-12-26(22)24/h3-6,8-14,16-19H,1-2,7,15,20-21H2,(H,32,35). The van der Waals surface area contributed by atoms with Gasteiger partial charge in [0.05, 0.1) is 11.0 Å². The molecule has 0 saturated heterocycles. The van der Waals surface area contributed by atoms with Crippen molar-refractivity contribution in [2.45, 2.75) is 32.2 Å². The number of benzene rings is 4. The minimum atomic E-state index is -0.0569. The van der Waals surface area contributed by atoms with Gasteiger partial charge in [0.25, 0.3) is 5.91 Å². The molecule has 5 aromatic rings. The van der Waals surface area contributed by atoms with E-state index in [9.17, 15) is 4.79 Å². The molecule has 0 saturated carbocycles. The van der Waals surface area contributed by atoms with Crippen LogP contribution >= 0.6 is 11.6 Å². The Balaban J connectivity index is 1.22. The number of imidazole rings is 1.